The number of benzene rings is 2. The molecular weight excluding hydrogens is 301 g/mol. The van der Waals surface area contributed by atoms with Gasteiger partial charge in [-0.05, 0) is 28.8 Å². The summed E-state index contributed by atoms with van der Waals surface area (Å²) in [5, 5.41) is 0.780. The van der Waals surface area contributed by atoms with Gasteiger partial charge in [0.15, 0.2) is 0 Å². The van der Waals surface area contributed by atoms with Crippen LogP contribution in [-0.2, 0) is 0 Å². The molecule has 1 N–H and O–H groups in total. The summed E-state index contributed by atoms with van der Waals surface area (Å²) in [6.45, 7) is 1.12. The van der Waals surface area contributed by atoms with E-state index in [0.29, 0.717) is 0 Å². The van der Waals surface area contributed by atoms with E-state index in [1.165, 1.54) is 21.6 Å². The lowest BCUT2D eigenvalue weighted by molar-refractivity contribution is -0.857. The second-order valence-corrected chi connectivity index (χ2v) is 5.68. The van der Waals surface area contributed by atoms with Gasteiger partial charge in [0, 0.05) is 11.4 Å². The Kier molecular flexibility index (Phi) is 7.52. The molecule has 0 bridgehead atoms. The predicted octanol–water partition coefficient (Wildman–Crippen LogP) is 0.310. The highest BCUT2D eigenvalue weighted by atomic mass is 35.5. The first-order valence-corrected chi connectivity index (χ1v) is 7.35. The molecule has 3 heteroatoms. The van der Waals surface area contributed by atoms with Crippen LogP contribution in [0.15, 0.2) is 60.7 Å². The third-order valence-electron chi connectivity index (χ3n) is 3.21. The Morgan fingerprint density at radius 1 is 1.00 bits per heavy atom. The highest BCUT2D eigenvalue weighted by molar-refractivity contribution is 6.30. The Balaban J connectivity index is 0.00000220. The highest BCUT2D eigenvalue weighted by Crippen LogP contribution is 2.25. The van der Waals surface area contributed by atoms with Crippen LogP contribution in [0.1, 0.15) is 17.5 Å². The average molecular weight is 322 g/mol. The van der Waals surface area contributed by atoms with E-state index in [9.17, 15) is 0 Å². The average Bonchev–Trinajstić information content (AvgIpc) is 2.44. The molecule has 0 aliphatic heterocycles. The van der Waals surface area contributed by atoms with E-state index in [1.54, 1.807) is 0 Å². The van der Waals surface area contributed by atoms with Crippen LogP contribution < -0.4 is 17.3 Å². The van der Waals surface area contributed by atoms with Gasteiger partial charge in [-0.25, -0.2) is 0 Å². The van der Waals surface area contributed by atoms with Gasteiger partial charge >= 0.3 is 0 Å². The van der Waals surface area contributed by atoms with Gasteiger partial charge in [-0.2, -0.15) is 0 Å². The molecule has 0 heterocycles. The Hall–Kier alpha value is -1.28. The molecule has 2 rings (SSSR count). The zero-order valence-corrected chi connectivity index (χ0v) is 14.0. The molecule has 0 radical (unpaired) electrons. The number of rotatable bonds is 5. The van der Waals surface area contributed by atoms with Crippen molar-refractivity contribution in [2.75, 3.05) is 20.6 Å². The maximum atomic E-state index is 6.13. The van der Waals surface area contributed by atoms with Crippen molar-refractivity contribution in [1.82, 2.24) is 0 Å². The van der Waals surface area contributed by atoms with Crippen LogP contribution in [0.3, 0.4) is 0 Å². The molecule has 0 spiro atoms. The zero-order chi connectivity index (χ0) is 14.4. The van der Waals surface area contributed by atoms with Gasteiger partial charge in [-0.1, -0.05) is 60.1 Å². The third-order valence-corrected chi connectivity index (χ3v) is 3.45. The summed E-state index contributed by atoms with van der Waals surface area (Å²) in [5.41, 5.74) is 3.68. The Bertz CT molecular complexity index is 577. The van der Waals surface area contributed by atoms with Gasteiger partial charge in [0.25, 0.3) is 0 Å². The summed E-state index contributed by atoms with van der Waals surface area (Å²) in [6, 6.07) is 18.6. The van der Waals surface area contributed by atoms with Crippen molar-refractivity contribution < 1.29 is 17.3 Å². The minimum atomic E-state index is 0. The molecule has 0 saturated carbocycles. The summed E-state index contributed by atoms with van der Waals surface area (Å²) in [7, 11) is 4.35. The smallest absolute Gasteiger partial charge is 0.0802 e. The summed E-state index contributed by atoms with van der Waals surface area (Å²) < 4.78 is 0. The molecule has 0 atom stereocenters. The molecule has 0 aliphatic rings. The minimum absolute atomic E-state index is 0. The van der Waals surface area contributed by atoms with Crippen LogP contribution in [0.5, 0.6) is 0 Å². The zero-order valence-electron chi connectivity index (χ0n) is 12.4. The highest BCUT2D eigenvalue weighted by Gasteiger charge is 2.05. The van der Waals surface area contributed by atoms with E-state index >= 15 is 0 Å². The van der Waals surface area contributed by atoms with Crippen LogP contribution in [-0.4, -0.2) is 20.6 Å². The van der Waals surface area contributed by atoms with Crippen molar-refractivity contribution in [1.29, 1.82) is 0 Å². The molecule has 0 unspecified atom stereocenters. The van der Waals surface area contributed by atoms with E-state index in [4.69, 9.17) is 11.6 Å². The minimum Gasteiger partial charge on any atom is -1.00 e. The van der Waals surface area contributed by atoms with Gasteiger partial charge in [-0.3, -0.25) is 0 Å². The molecule has 0 aliphatic carbocycles. The fourth-order valence-electron chi connectivity index (χ4n) is 2.18. The SMILES string of the molecule is C[NH+](C)CC/C=C(\c1ccccc1)c1cccc(Cl)c1.[Cl-]. The maximum absolute atomic E-state index is 6.13. The van der Waals surface area contributed by atoms with Crippen LogP contribution >= 0.6 is 11.6 Å². The fraction of sp³-hybridized carbons (Fsp3) is 0.222. The van der Waals surface area contributed by atoms with Gasteiger partial charge in [0.05, 0.1) is 20.6 Å². The predicted molar refractivity (Wildman–Crippen MR) is 87.3 cm³/mol. The molecule has 112 valence electrons. The second kappa shape index (κ2) is 8.89. The topological polar surface area (TPSA) is 4.44 Å². The normalized spacial score (nSPS) is 11.3. The van der Waals surface area contributed by atoms with Crippen LogP contribution in [0.4, 0.5) is 0 Å². The number of hydrogen-bond acceptors (Lipinski definition) is 0. The first-order valence-electron chi connectivity index (χ1n) is 6.97. The Labute approximate surface area is 138 Å². The lowest BCUT2D eigenvalue weighted by atomic mass is 9.97. The molecular formula is C18H21Cl2N. The summed E-state index contributed by atoms with van der Waals surface area (Å²) in [5.74, 6) is 0. The van der Waals surface area contributed by atoms with Crippen molar-refractivity contribution in [3.63, 3.8) is 0 Å². The first-order chi connectivity index (χ1) is 9.66. The summed E-state index contributed by atoms with van der Waals surface area (Å²) in [4.78, 5) is 1.46. The van der Waals surface area contributed by atoms with Gasteiger partial charge in [0.2, 0.25) is 0 Å². The largest absolute Gasteiger partial charge is 1.00 e. The summed E-state index contributed by atoms with van der Waals surface area (Å²) >= 11 is 6.13. The van der Waals surface area contributed by atoms with Gasteiger partial charge in [0.1, 0.15) is 0 Å². The monoisotopic (exact) mass is 321 g/mol. The second-order valence-electron chi connectivity index (χ2n) is 5.24. The summed E-state index contributed by atoms with van der Waals surface area (Å²) in [6.07, 6.45) is 3.37. The first kappa shape index (κ1) is 17.8. The van der Waals surface area contributed by atoms with Crippen LogP contribution in [0.25, 0.3) is 5.57 Å². The maximum Gasteiger partial charge on any atom is 0.0802 e. The molecule has 0 saturated heterocycles. The lowest BCUT2D eigenvalue weighted by Crippen LogP contribution is -3.05. The Morgan fingerprint density at radius 3 is 2.29 bits per heavy atom. The van der Waals surface area contributed by atoms with E-state index in [-0.39, 0.29) is 12.4 Å². The van der Waals surface area contributed by atoms with Gasteiger partial charge < -0.3 is 17.3 Å². The molecule has 0 fully saturated rings. The molecule has 2 aromatic rings. The Morgan fingerprint density at radius 2 is 1.67 bits per heavy atom. The number of quaternary nitrogens is 1. The van der Waals surface area contributed by atoms with Gasteiger partial charge in [-0.15, -0.1) is 0 Å². The van der Waals surface area contributed by atoms with E-state index in [0.717, 1.165) is 18.0 Å². The van der Waals surface area contributed by atoms with Crippen LogP contribution in [0, 0.1) is 0 Å². The quantitative estimate of drug-likeness (QED) is 0.808. The lowest BCUT2D eigenvalue weighted by Gasteiger charge is -2.10. The third kappa shape index (κ3) is 5.55. The van der Waals surface area contributed by atoms with E-state index in [1.807, 2.05) is 24.3 Å². The standard InChI is InChI=1S/C18H20ClN.ClH/c1-20(2)13-7-12-18(15-8-4-3-5-9-15)16-10-6-11-17(19)14-16;/h3-6,8-12,14H,7,13H2,1-2H3;1H/b18-12+;. The molecule has 0 amide bonds. The van der Waals surface area contributed by atoms with Crippen molar-refractivity contribution >= 4 is 17.2 Å². The molecule has 2 aromatic carbocycles. The van der Waals surface area contributed by atoms with E-state index < -0.39 is 0 Å². The number of hydrogen-bond donors (Lipinski definition) is 1. The number of halogens is 2. The molecule has 21 heavy (non-hydrogen) atoms. The number of nitrogens with one attached hydrogen (secondary N) is 1. The van der Waals surface area contributed by atoms with Crippen molar-refractivity contribution in [2.24, 2.45) is 0 Å². The fourth-order valence-corrected chi connectivity index (χ4v) is 2.37. The molecule has 1 nitrogen and oxygen atoms in total. The van der Waals surface area contributed by atoms with Crippen LogP contribution in [0.2, 0.25) is 5.02 Å². The van der Waals surface area contributed by atoms with E-state index in [2.05, 4.69) is 50.5 Å². The van der Waals surface area contributed by atoms with Crippen molar-refractivity contribution in [3.8, 4) is 0 Å². The molecule has 0 aromatic heterocycles. The van der Waals surface area contributed by atoms with Crippen molar-refractivity contribution in [2.45, 2.75) is 6.42 Å². The van der Waals surface area contributed by atoms with Crippen molar-refractivity contribution in [3.05, 3.63) is 76.8 Å².